The molecule has 6 rings (SSSR count). The van der Waals surface area contributed by atoms with Gasteiger partial charge < -0.3 is 15.3 Å². The van der Waals surface area contributed by atoms with E-state index in [1.807, 2.05) is 29.9 Å². The van der Waals surface area contributed by atoms with Gasteiger partial charge in [-0.05, 0) is 91.5 Å². The second-order valence-electron chi connectivity index (χ2n) is 11.7. The van der Waals surface area contributed by atoms with Crippen LogP contribution in [0.15, 0.2) is 40.5 Å². The molecule has 7 atom stereocenters. The van der Waals surface area contributed by atoms with Crippen LogP contribution in [-0.4, -0.2) is 49.2 Å². The van der Waals surface area contributed by atoms with E-state index in [1.54, 1.807) is 0 Å². The first-order chi connectivity index (χ1) is 16.6. The summed E-state index contributed by atoms with van der Waals surface area (Å²) < 4.78 is 3.02. The van der Waals surface area contributed by atoms with Crippen LogP contribution in [0.25, 0.3) is 11.8 Å². The number of fused-ring (bicyclic) bond motifs is 6. The van der Waals surface area contributed by atoms with Crippen molar-refractivity contribution in [2.24, 2.45) is 28.6 Å². The molecule has 3 fully saturated rings. The number of hydrogen-bond donors (Lipinski definition) is 3. The number of carbonyl (C=O) groups is 1. The van der Waals surface area contributed by atoms with Crippen molar-refractivity contribution < 1.29 is 20.1 Å². The third kappa shape index (κ3) is 3.11. The number of allylic oxidation sites excluding steroid dienone is 1. The second kappa shape index (κ2) is 7.85. The summed E-state index contributed by atoms with van der Waals surface area (Å²) in [5.41, 5.74) is 2.23. The van der Waals surface area contributed by atoms with Crippen LogP contribution in [0.1, 0.15) is 57.2 Å². The number of Topliss-reactive ketones (excluding diaryl/α,β-unsaturated/α-hetero) is 1. The molecule has 4 aliphatic carbocycles. The van der Waals surface area contributed by atoms with Crippen LogP contribution in [0, 0.1) is 28.6 Å². The van der Waals surface area contributed by atoms with Gasteiger partial charge in [0.2, 0.25) is 0 Å². The summed E-state index contributed by atoms with van der Waals surface area (Å²) in [6, 6.07) is 8.14. The standard InChI is InChI=1S/C28H33BrN2O4/c1-26-12-16-14-30-31(19-5-3-4-18(29)11-19)22(16)10-17(26)6-7-20-21-8-9-28(35,24(34)15-32)27(21,2)13-23(33)25(20)26/h3-5,10-11,14,20-21,23,25,32-33,35H,6-9,12-13,15H2,1-2H3/t20-,21?,23-,25?,26-,27-,28-/m0/s1. The van der Waals surface area contributed by atoms with Crippen molar-refractivity contribution in [2.75, 3.05) is 6.61 Å². The molecule has 2 aromatic rings. The number of benzene rings is 1. The SMILES string of the molecule is C[C@]12Cc3cnn(-c4cccc(Br)c4)c3C=C1CC[C@@H]1C2[C@@H](O)C[C@@]2(C)C1CC[C@]2(O)C(=O)CO. The Morgan fingerprint density at radius 1 is 1.29 bits per heavy atom. The Bertz CT molecular complexity index is 1240. The molecular weight excluding hydrogens is 508 g/mol. The van der Waals surface area contributed by atoms with Gasteiger partial charge in [0.05, 0.1) is 23.7 Å². The molecule has 7 heteroatoms. The van der Waals surface area contributed by atoms with Gasteiger partial charge in [-0.3, -0.25) is 4.79 Å². The molecule has 0 bridgehead atoms. The van der Waals surface area contributed by atoms with E-state index in [0.29, 0.717) is 12.8 Å². The van der Waals surface area contributed by atoms with Crippen LogP contribution in [0.2, 0.25) is 0 Å². The lowest BCUT2D eigenvalue weighted by Crippen LogP contribution is -2.62. The summed E-state index contributed by atoms with van der Waals surface area (Å²) in [5.74, 6) is -0.0544. The molecule has 186 valence electrons. The molecule has 1 heterocycles. The molecule has 6 nitrogen and oxygen atoms in total. The van der Waals surface area contributed by atoms with Gasteiger partial charge in [-0.1, -0.05) is 41.4 Å². The van der Waals surface area contributed by atoms with Crippen LogP contribution < -0.4 is 0 Å². The topological polar surface area (TPSA) is 95.6 Å². The zero-order valence-electron chi connectivity index (χ0n) is 20.2. The number of ketones is 1. The lowest BCUT2D eigenvalue weighted by molar-refractivity contribution is -0.181. The first-order valence-corrected chi connectivity index (χ1v) is 13.5. The third-order valence-electron chi connectivity index (χ3n) is 10.2. The molecule has 0 radical (unpaired) electrons. The Labute approximate surface area is 214 Å². The summed E-state index contributed by atoms with van der Waals surface area (Å²) >= 11 is 3.56. The van der Waals surface area contributed by atoms with Crippen molar-refractivity contribution >= 4 is 27.8 Å². The monoisotopic (exact) mass is 540 g/mol. The molecule has 2 unspecified atom stereocenters. The van der Waals surface area contributed by atoms with E-state index < -0.39 is 29.5 Å². The number of aromatic nitrogens is 2. The van der Waals surface area contributed by atoms with Crippen LogP contribution in [-0.2, 0) is 11.2 Å². The van der Waals surface area contributed by atoms with E-state index in [4.69, 9.17) is 5.10 Å². The third-order valence-corrected chi connectivity index (χ3v) is 10.7. The first kappa shape index (κ1) is 23.6. The van der Waals surface area contributed by atoms with Gasteiger partial charge in [-0.25, -0.2) is 4.68 Å². The summed E-state index contributed by atoms with van der Waals surface area (Å²) in [6.07, 6.45) is 7.85. The molecule has 3 saturated carbocycles. The Balaban J connectivity index is 1.37. The van der Waals surface area contributed by atoms with Crippen LogP contribution in [0.4, 0.5) is 0 Å². The highest BCUT2D eigenvalue weighted by Gasteiger charge is 2.68. The van der Waals surface area contributed by atoms with E-state index >= 15 is 0 Å². The number of halogens is 1. The molecular formula is C28H33BrN2O4. The van der Waals surface area contributed by atoms with E-state index in [9.17, 15) is 20.1 Å². The van der Waals surface area contributed by atoms with Gasteiger partial charge in [-0.2, -0.15) is 5.10 Å². The minimum atomic E-state index is -1.56. The highest BCUT2D eigenvalue weighted by Crippen LogP contribution is 2.67. The first-order valence-electron chi connectivity index (χ1n) is 12.7. The number of nitrogens with zero attached hydrogens (tertiary/aromatic N) is 2. The molecule has 0 spiro atoms. The van der Waals surface area contributed by atoms with Crippen LogP contribution in [0.3, 0.4) is 0 Å². The fourth-order valence-corrected chi connectivity index (χ4v) is 8.98. The smallest absolute Gasteiger partial charge is 0.190 e. The van der Waals surface area contributed by atoms with Crippen molar-refractivity contribution in [3.63, 3.8) is 0 Å². The average molecular weight is 541 g/mol. The molecule has 3 N–H and O–H groups in total. The van der Waals surface area contributed by atoms with E-state index in [2.05, 4.69) is 41.1 Å². The van der Waals surface area contributed by atoms with E-state index in [-0.39, 0.29) is 23.2 Å². The summed E-state index contributed by atoms with van der Waals surface area (Å²) in [4.78, 5) is 12.6. The maximum absolute atomic E-state index is 12.6. The molecule has 0 aliphatic heterocycles. The van der Waals surface area contributed by atoms with Crippen molar-refractivity contribution in [2.45, 2.75) is 64.1 Å². The van der Waals surface area contributed by atoms with Crippen molar-refractivity contribution in [3.8, 4) is 5.69 Å². The number of rotatable bonds is 3. The maximum Gasteiger partial charge on any atom is 0.190 e. The number of aliphatic hydroxyl groups is 3. The minimum Gasteiger partial charge on any atom is -0.393 e. The highest BCUT2D eigenvalue weighted by molar-refractivity contribution is 9.10. The van der Waals surface area contributed by atoms with E-state index in [1.165, 1.54) is 11.1 Å². The van der Waals surface area contributed by atoms with E-state index in [0.717, 1.165) is 41.5 Å². The Hall–Kier alpha value is -1.80. The molecule has 0 amide bonds. The Kier molecular flexibility index (Phi) is 5.29. The lowest BCUT2D eigenvalue weighted by Gasteiger charge is -2.60. The second-order valence-corrected chi connectivity index (χ2v) is 12.6. The van der Waals surface area contributed by atoms with Crippen LogP contribution >= 0.6 is 15.9 Å². The van der Waals surface area contributed by atoms with Crippen molar-refractivity contribution in [1.29, 1.82) is 0 Å². The van der Waals surface area contributed by atoms with Gasteiger partial charge in [0.15, 0.2) is 5.78 Å². The van der Waals surface area contributed by atoms with Gasteiger partial charge in [0.25, 0.3) is 0 Å². The van der Waals surface area contributed by atoms with Gasteiger partial charge in [0.1, 0.15) is 12.2 Å². The normalized spacial score (nSPS) is 39.8. The molecule has 35 heavy (non-hydrogen) atoms. The summed E-state index contributed by atoms with van der Waals surface area (Å²) in [6.45, 7) is 3.60. The molecule has 1 aromatic heterocycles. The zero-order valence-corrected chi connectivity index (χ0v) is 21.8. The Morgan fingerprint density at radius 2 is 2.09 bits per heavy atom. The van der Waals surface area contributed by atoms with Crippen LogP contribution in [0.5, 0.6) is 0 Å². The maximum atomic E-state index is 12.6. The quantitative estimate of drug-likeness (QED) is 0.545. The Morgan fingerprint density at radius 3 is 2.83 bits per heavy atom. The number of aliphatic hydroxyl groups excluding tert-OH is 2. The van der Waals surface area contributed by atoms with Gasteiger partial charge >= 0.3 is 0 Å². The average Bonchev–Trinajstić information content (AvgIpc) is 3.34. The zero-order chi connectivity index (χ0) is 24.8. The number of hydrogen-bond acceptors (Lipinski definition) is 5. The lowest BCUT2D eigenvalue weighted by atomic mass is 9.45. The summed E-state index contributed by atoms with van der Waals surface area (Å²) in [5, 5.41) is 37.4. The highest BCUT2D eigenvalue weighted by atomic mass is 79.9. The van der Waals surface area contributed by atoms with Crippen molar-refractivity contribution in [1.82, 2.24) is 9.78 Å². The fraction of sp³-hybridized carbons (Fsp3) is 0.571. The summed E-state index contributed by atoms with van der Waals surface area (Å²) in [7, 11) is 0. The predicted octanol–water partition coefficient (Wildman–Crippen LogP) is 4.08. The molecule has 4 aliphatic rings. The van der Waals surface area contributed by atoms with Crippen molar-refractivity contribution in [3.05, 3.63) is 51.8 Å². The fourth-order valence-electron chi connectivity index (χ4n) is 8.59. The molecule has 0 saturated heterocycles. The van der Waals surface area contributed by atoms with Gasteiger partial charge in [0, 0.05) is 9.89 Å². The minimum absolute atomic E-state index is 0.0644. The number of carbonyl (C=O) groups excluding carboxylic acids is 1. The largest absolute Gasteiger partial charge is 0.393 e. The molecule has 1 aromatic carbocycles. The van der Waals surface area contributed by atoms with Gasteiger partial charge in [-0.15, -0.1) is 0 Å². The predicted molar refractivity (Wildman–Crippen MR) is 136 cm³/mol.